The van der Waals surface area contributed by atoms with Gasteiger partial charge in [-0.15, -0.1) is 0 Å². The minimum Gasteiger partial charge on any atom is -0.497 e. The predicted octanol–water partition coefficient (Wildman–Crippen LogP) is 3.97. The van der Waals surface area contributed by atoms with Crippen molar-refractivity contribution in [1.29, 1.82) is 0 Å². The Labute approximate surface area is 123 Å². The van der Waals surface area contributed by atoms with E-state index in [9.17, 15) is 8.78 Å². The zero-order chi connectivity index (χ0) is 15.1. The highest BCUT2D eigenvalue weighted by Gasteiger charge is 2.06. The topological polar surface area (TPSA) is 21.3 Å². The number of ether oxygens (including phenoxy) is 1. The molecule has 0 radical (unpaired) electrons. The molecule has 4 heteroatoms. The van der Waals surface area contributed by atoms with Gasteiger partial charge in [0.2, 0.25) is 0 Å². The Balaban J connectivity index is 1.77. The SMILES string of the molecule is COc1ccc(CCNCc2cccc(C(F)F)c2)cc1. The summed E-state index contributed by atoms with van der Waals surface area (Å²) in [6.45, 7) is 1.39. The molecular weight excluding hydrogens is 272 g/mol. The number of halogens is 2. The van der Waals surface area contributed by atoms with Crippen LogP contribution in [0.1, 0.15) is 23.1 Å². The van der Waals surface area contributed by atoms with Crippen molar-refractivity contribution in [3.63, 3.8) is 0 Å². The maximum Gasteiger partial charge on any atom is 0.263 e. The maximum absolute atomic E-state index is 12.6. The molecule has 0 saturated carbocycles. The number of methoxy groups -OCH3 is 1. The fourth-order valence-corrected chi connectivity index (χ4v) is 2.10. The molecule has 0 atom stereocenters. The zero-order valence-corrected chi connectivity index (χ0v) is 12.0. The van der Waals surface area contributed by atoms with Gasteiger partial charge in [0, 0.05) is 12.1 Å². The van der Waals surface area contributed by atoms with E-state index < -0.39 is 6.43 Å². The van der Waals surface area contributed by atoms with Crippen molar-refractivity contribution in [3.05, 3.63) is 65.2 Å². The van der Waals surface area contributed by atoms with E-state index in [0.717, 1.165) is 24.3 Å². The molecule has 0 bridgehead atoms. The summed E-state index contributed by atoms with van der Waals surface area (Å²) >= 11 is 0. The fraction of sp³-hybridized carbons (Fsp3) is 0.294. The fourth-order valence-electron chi connectivity index (χ4n) is 2.10. The molecule has 0 saturated heterocycles. The Morgan fingerprint density at radius 2 is 1.81 bits per heavy atom. The van der Waals surface area contributed by atoms with Crippen LogP contribution in [0.4, 0.5) is 8.78 Å². The van der Waals surface area contributed by atoms with Crippen molar-refractivity contribution in [2.45, 2.75) is 19.4 Å². The normalized spacial score (nSPS) is 10.9. The number of hydrogen-bond acceptors (Lipinski definition) is 2. The summed E-state index contributed by atoms with van der Waals surface area (Å²) in [7, 11) is 1.64. The van der Waals surface area contributed by atoms with Gasteiger partial charge in [0.05, 0.1) is 7.11 Å². The number of benzene rings is 2. The molecule has 0 fully saturated rings. The van der Waals surface area contributed by atoms with E-state index in [0.29, 0.717) is 6.54 Å². The third-order valence-corrected chi connectivity index (χ3v) is 3.28. The predicted molar refractivity (Wildman–Crippen MR) is 79.8 cm³/mol. The van der Waals surface area contributed by atoms with Crippen molar-refractivity contribution in [3.8, 4) is 5.75 Å². The van der Waals surface area contributed by atoms with Crippen molar-refractivity contribution in [2.75, 3.05) is 13.7 Å². The quantitative estimate of drug-likeness (QED) is 0.780. The lowest BCUT2D eigenvalue weighted by Crippen LogP contribution is -2.16. The van der Waals surface area contributed by atoms with E-state index in [-0.39, 0.29) is 5.56 Å². The van der Waals surface area contributed by atoms with Gasteiger partial charge in [-0.05, 0) is 42.3 Å². The Morgan fingerprint density at radius 1 is 1.05 bits per heavy atom. The van der Waals surface area contributed by atoms with E-state index in [4.69, 9.17) is 4.74 Å². The molecule has 0 aliphatic carbocycles. The minimum absolute atomic E-state index is 0.0736. The molecule has 2 aromatic carbocycles. The van der Waals surface area contributed by atoms with Gasteiger partial charge < -0.3 is 10.1 Å². The van der Waals surface area contributed by atoms with Crippen LogP contribution < -0.4 is 10.1 Å². The Kier molecular flexibility index (Phi) is 5.69. The lowest BCUT2D eigenvalue weighted by molar-refractivity contribution is 0.151. The standard InChI is InChI=1S/C17H19F2NO/c1-21-16-7-5-13(6-8-16)9-10-20-12-14-3-2-4-15(11-14)17(18)19/h2-8,11,17,20H,9-10,12H2,1H3. The van der Waals surface area contributed by atoms with Crippen LogP contribution in [0.5, 0.6) is 5.75 Å². The average Bonchev–Trinajstić information content (AvgIpc) is 2.52. The lowest BCUT2D eigenvalue weighted by atomic mass is 10.1. The Morgan fingerprint density at radius 3 is 2.48 bits per heavy atom. The van der Waals surface area contributed by atoms with E-state index in [2.05, 4.69) is 5.32 Å². The van der Waals surface area contributed by atoms with Gasteiger partial charge in [0.25, 0.3) is 6.43 Å². The maximum atomic E-state index is 12.6. The van der Waals surface area contributed by atoms with Crippen molar-refractivity contribution < 1.29 is 13.5 Å². The molecule has 112 valence electrons. The van der Waals surface area contributed by atoms with Crippen LogP contribution in [-0.2, 0) is 13.0 Å². The second-order valence-electron chi connectivity index (χ2n) is 4.82. The Hall–Kier alpha value is -1.94. The van der Waals surface area contributed by atoms with Gasteiger partial charge in [0.15, 0.2) is 0 Å². The molecule has 0 aliphatic rings. The van der Waals surface area contributed by atoms with Gasteiger partial charge >= 0.3 is 0 Å². The van der Waals surface area contributed by atoms with Gasteiger partial charge in [-0.25, -0.2) is 8.78 Å². The van der Waals surface area contributed by atoms with E-state index in [1.165, 1.54) is 11.6 Å². The van der Waals surface area contributed by atoms with E-state index >= 15 is 0 Å². The van der Waals surface area contributed by atoms with Gasteiger partial charge in [-0.3, -0.25) is 0 Å². The number of hydrogen-bond donors (Lipinski definition) is 1. The number of nitrogens with one attached hydrogen (secondary N) is 1. The molecular formula is C17H19F2NO. The zero-order valence-electron chi connectivity index (χ0n) is 12.0. The highest BCUT2D eigenvalue weighted by molar-refractivity contribution is 5.27. The lowest BCUT2D eigenvalue weighted by Gasteiger charge is -2.07. The average molecular weight is 291 g/mol. The van der Waals surface area contributed by atoms with E-state index in [1.54, 1.807) is 19.2 Å². The van der Waals surface area contributed by atoms with Crippen LogP contribution in [0.25, 0.3) is 0 Å². The summed E-state index contributed by atoms with van der Waals surface area (Å²) in [4.78, 5) is 0. The first kappa shape index (κ1) is 15.4. The van der Waals surface area contributed by atoms with Crippen LogP contribution in [-0.4, -0.2) is 13.7 Å². The molecule has 2 nitrogen and oxygen atoms in total. The molecule has 0 aromatic heterocycles. The Bertz CT molecular complexity index is 555. The third kappa shape index (κ3) is 4.83. The minimum atomic E-state index is -2.41. The van der Waals surface area contributed by atoms with Crippen LogP contribution in [0.3, 0.4) is 0 Å². The first-order chi connectivity index (χ1) is 10.2. The number of rotatable bonds is 7. The summed E-state index contributed by atoms with van der Waals surface area (Å²) in [6, 6.07) is 14.4. The highest BCUT2D eigenvalue weighted by Crippen LogP contribution is 2.19. The summed E-state index contributed by atoms with van der Waals surface area (Å²) < 4.78 is 30.3. The monoisotopic (exact) mass is 291 g/mol. The third-order valence-electron chi connectivity index (χ3n) is 3.28. The highest BCUT2D eigenvalue weighted by atomic mass is 19.3. The van der Waals surface area contributed by atoms with Crippen LogP contribution >= 0.6 is 0 Å². The summed E-state index contributed by atoms with van der Waals surface area (Å²) in [5, 5.41) is 3.27. The largest absolute Gasteiger partial charge is 0.497 e. The number of alkyl halides is 2. The summed E-state index contributed by atoms with van der Waals surface area (Å²) in [5.41, 5.74) is 2.16. The second kappa shape index (κ2) is 7.74. The summed E-state index contributed by atoms with van der Waals surface area (Å²) in [6.07, 6.45) is -1.53. The first-order valence-corrected chi connectivity index (χ1v) is 6.89. The van der Waals surface area contributed by atoms with E-state index in [1.807, 2.05) is 30.3 Å². The molecule has 0 amide bonds. The van der Waals surface area contributed by atoms with Gasteiger partial charge in [0.1, 0.15) is 5.75 Å². The second-order valence-corrected chi connectivity index (χ2v) is 4.82. The van der Waals surface area contributed by atoms with Crippen molar-refractivity contribution in [2.24, 2.45) is 0 Å². The van der Waals surface area contributed by atoms with Crippen LogP contribution in [0.2, 0.25) is 0 Å². The van der Waals surface area contributed by atoms with Gasteiger partial charge in [-0.1, -0.05) is 30.3 Å². The molecule has 1 N–H and O–H groups in total. The molecule has 2 rings (SSSR count). The van der Waals surface area contributed by atoms with Crippen LogP contribution in [0, 0.1) is 0 Å². The van der Waals surface area contributed by atoms with Gasteiger partial charge in [-0.2, -0.15) is 0 Å². The molecule has 21 heavy (non-hydrogen) atoms. The molecule has 0 spiro atoms. The molecule has 0 unspecified atom stereocenters. The first-order valence-electron chi connectivity index (χ1n) is 6.89. The van der Waals surface area contributed by atoms with Crippen molar-refractivity contribution >= 4 is 0 Å². The van der Waals surface area contributed by atoms with Crippen molar-refractivity contribution in [1.82, 2.24) is 5.32 Å². The molecule has 0 aliphatic heterocycles. The molecule has 2 aromatic rings. The smallest absolute Gasteiger partial charge is 0.263 e. The van der Waals surface area contributed by atoms with Crippen LogP contribution in [0.15, 0.2) is 48.5 Å². The molecule has 0 heterocycles. The summed E-state index contributed by atoms with van der Waals surface area (Å²) in [5.74, 6) is 0.843.